The molecule has 3 heteroatoms. The molecule has 0 N–H and O–H groups in total. The summed E-state index contributed by atoms with van der Waals surface area (Å²) in [6.45, 7) is 0. The van der Waals surface area contributed by atoms with Crippen molar-refractivity contribution in [3.63, 3.8) is 0 Å². The molecule has 4 bridgehead atoms. The van der Waals surface area contributed by atoms with Crippen molar-refractivity contribution in [1.29, 1.82) is 5.26 Å². The van der Waals surface area contributed by atoms with Crippen LogP contribution in [0.25, 0.3) is 0 Å². The van der Waals surface area contributed by atoms with Gasteiger partial charge in [0.2, 0.25) is 0 Å². The lowest BCUT2D eigenvalue weighted by atomic mass is 9.51. The quantitative estimate of drug-likeness (QED) is 0.757. The van der Waals surface area contributed by atoms with Gasteiger partial charge in [-0.1, -0.05) is 0 Å². The predicted molar refractivity (Wildman–Crippen MR) is 66.5 cm³/mol. The Labute approximate surface area is 107 Å². The largest absolute Gasteiger partial charge is 0.244 e. The third-order valence-corrected chi connectivity index (χ3v) is 5.43. The van der Waals surface area contributed by atoms with Crippen molar-refractivity contribution in [2.45, 2.75) is 38.0 Å². The number of rotatable bonds is 1. The minimum atomic E-state index is 0.564. The van der Waals surface area contributed by atoms with Crippen LogP contribution in [0, 0.1) is 35.0 Å². The van der Waals surface area contributed by atoms with Gasteiger partial charge in [0.15, 0.2) is 0 Å². The van der Waals surface area contributed by atoms with Crippen LogP contribution in [0.4, 0.5) is 0 Å². The van der Waals surface area contributed by atoms with Gasteiger partial charge >= 0.3 is 0 Å². The summed E-state index contributed by atoms with van der Waals surface area (Å²) >= 11 is 0. The predicted octanol–water partition coefficient (Wildman–Crippen LogP) is 2.89. The Hall–Kier alpha value is -1.43. The topological polar surface area (TPSA) is 49.6 Å². The summed E-state index contributed by atoms with van der Waals surface area (Å²) in [5.74, 6) is 4.09. The maximum Gasteiger partial charge on any atom is 0.147 e. The van der Waals surface area contributed by atoms with Crippen molar-refractivity contribution in [2.24, 2.45) is 23.7 Å². The van der Waals surface area contributed by atoms with E-state index < -0.39 is 0 Å². The Balaban J connectivity index is 1.75. The van der Waals surface area contributed by atoms with Crippen LogP contribution in [0.2, 0.25) is 0 Å². The highest BCUT2D eigenvalue weighted by molar-refractivity contribution is 5.33. The van der Waals surface area contributed by atoms with Gasteiger partial charge in [0.25, 0.3) is 0 Å². The van der Waals surface area contributed by atoms with E-state index in [-0.39, 0.29) is 0 Å². The molecule has 5 rings (SSSR count). The zero-order valence-electron chi connectivity index (χ0n) is 10.4. The second kappa shape index (κ2) is 3.78. The molecule has 0 amide bonds. The van der Waals surface area contributed by atoms with Crippen LogP contribution in [0.1, 0.15) is 49.3 Å². The number of hydrogen-bond acceptors (Lipinski definition) is 3. The first kappa shape index (κ1) is 10.5. The first-order chi connectivity index (χ1) is 8.85. The van der Waals surface area contributed by atoms with E-state index in [1.165, 1.54) is 38.4 Å². The monoisotopic (exact) mass is 239 g/mol. The van der Waals surface area contributed by atoms with Gasteiger partial charge in [-0.2, -0.15) is 5.26 Å². The molecule has 0 saturated heterocycles. The molecule has 3 nitrogen and oxygen atoms in total. The van der Waals surface area contributed by atoms with Crippen LogP contribution in [0.15, 0.2) is 12.5 Å². The van der Waals surface area contributed by atoms with Crippen molar-refractivity contribution in [2.75, 3.05) is 0 Å². The number of nitrogens with zero attached hydrogens (tertiary/aromatic N) is 3. The number of nitriles is 1. The second-order valence-corrected chi connectivity index (χ2v) is 6.39. The molecule has 0 unspecified atom stereocenters. The minimum Gasteiger partial charge on any atom is -0.244 e. The lowest BCUT2D eigenvalue weighted by Gasteiger charge is -2.54. The van der Waals surface area contributed by atoms with Gasteiger partial charge in [-0.15, -0.1) is 0 Å². The van der Waals surface area contributed by atoms with Crippen molar-refractivity contribution in [1.82, 2.24) is 9.97 Å². The van der Waals surface area contributed by atoms with E-state index in [1.807, 2.05) is 6.20 Å². The maximum atomic E-state index is 9.23. The van der Waals surface area contributed by atoms with E-state index >= 15 is 0 Å². The van der Waals surface area contributed by atoms with E-state index in [0.717, 1.165) is 29.2 Å². The molecule has 0 aliphatic heterocycles. The normalized spacial score (nSPS) is 40.7. The summed E-state index contributed by atoms with van der Waals surface area (Å²) in [6, 6.07) is 2.25. The molecule has 1 heterocycles. The van der Waals surface area contributed by atoms with Gasteiger partial charge in [-0.3, -0.25) is 0 Å². The third-order valence-electron chi connectivity index (χ3n) is 5.43. The lowest BCUT2D eigenvalue weighted by molar-refractivity contribution is -0.00309. The Morgan fingerprint density at radius 1 is 1.06 bits per heavy atom. The lowest BCUT2D eigenvalue weighted by Crippen LogP contribution is -2.44. The van der Waals surface area contributed by atoms with E-state index in [4.69, 9.17) is 0 Å². The highest BCUT2D eigenvalue weighted by Gasteiger charge is 2.49. The fourth-order valence-corrected chi connectivity index (χ4v) is 5.11. The van der Waals surface area contributed by atoms with E-state index in [1.54, 1.807) is 0 Å². The van der Waals surface area contributed by atoms with Gasteiger partial charge in [-0.25, -0.2) is 9.97 Å². The molecule has 0 atom stereocenters. The summed E-state index contributed by atoms with van der Waals surface area (Å²) in [6.07, 6.45) is 10.4. The molecule has 4 aliphatic carbocycles. The van der Waals surface area contributed by atoms with Crippen LogP contribution in [0.3, 0.4) is 0 Å². The van der Waals surface area contributed by atoms with E-state index in [0.29, 0.717) is 11.6 Å². The molecule has 0 spiro atoms. The molecule has 92 valence electrons. The van der Waals surface area contributed by atoms with Gasteiger partial charge in [0, 0.05) is 11.8 Å². The second-order valence-electron chi connectivity index (χ2n) is 6.39. The standard InChI is InChI=1S/C15H17N3/c16-6-14-13(7-17-8-18-14)15-11-2-9-1-10(4-11)5-12(15)3-9/h7-12,15H,1-5H2. The van der Waals surface area contributed by atoms with E-state index in [9.17, 15) is 5.26 Å². The Kier molecular flexibility index (Phi) is 2.20. The molecular weight excluding hydrogens is 222 g/mol. The first-order valence-electron chi connectivity index (χ1n) is 7.05. The molecule has 4 fully saturated rings. The van der Waals surface area contributed by atoms with Crippen molar-refractivity contribution in [3.8, 4) is 6.07 Å². The van der Waals surface area contributed by atoms with Crippen LogP contribution < -0.4 is 0 Å². The molecule has 4 saturated carbocycles. The Bertz CT molecular complexity index is 489. The summed E-state index contributed by atoms with van der Waals surface area (Å²) in [7, 11) is 0. The van der Waals surface area contributed by atoms with Gasteiger partial charge in [0.1, 0.15) is 18.1 Å². The molecule has 18 heavy (non-hydrogen) atoms. The summed E-state index contributed by atoms with van der Waals surface area (Å²) in [5.41, 5.74) is 1.75. The average molecular weight is 239 g/mol. The van der Waals surface area contributed by atoms with Crippen molar-refractivity contribution >= 4 is 0 Å². The highest BCUT2D eigenvalue weighted by atomic mass is 14.8. The van der Waals surface area contributed by atoms with Crippen LogP contribution in [0.5, 0.6) is 0 Å². The molecule has 4 aliphatic rings. The minimum absolute atomic E-state index is 0.564. The van der Waals surface area contributed by atoms with Crippen molar-refractivity contribution in [3.05, 3.63) is 23.8 Å². The third kappa shape index (κ3) is 1.41. The fourth-order valence-electron chi connectivity index (χ4n) is 5.11. The SMILES string of the molecule is N#Cc1ncncc1C1C2CC3CC(C2)CC1C3. The Morgan fingerprint density at radius 3 is 2.33 bits per heavy atom. The van der Waals surface area contributed by atoms with Gasteiger partial charge < -0.3 is 0 Å². The summed E-state index contributed by atoms with van der Waals surface area (Å²) in [5, 5.41) is 9.23. The molecule has 1 aromatic heterocycles. The molecule has 1 aromatic rings. The Morgan fingerprint density at radius 2 is 1.72 bits per heavy atom. The van der Waals surface area contributed by atoms with Gasteiger partial charge in [-0.05, 0) is 61.7 Å². The van der Waals surface area contributed by atoms with Crippen LogP contribution in [-0.2, 0) is 0 Å². The average Bonchev–Trinajstić information content (AvgIpc) is 2.38. The zero-order valence-corrected chi connectivity index (χ0v) is 10.4. The van der Waals surface area contributed by atoms with E-state index in [2.05, 4.69) is 16.0 Å². The molecule has 0 radical (unpaired) electrons. The number of hydrogen-bond donors (Lipinski definition) is 0. The van der Waals surface area contributed by atoms with Crippen molar-refractivity contribution < 1.29 is 0 Å². The fraction of sp³-hybridized carbons (Fsp3) is 0.667. The smallest absolute Gasteiger partial charge is 0.147 e. The van der Waals surface area contributed by atoms with Crippen LogP contribution >= 0.6 is 0 Å². The zero-order chi connectivity index (χ0) is 12.1. The molecule has 0 aromatic carbocycles. The maximum absolute atomic E-state index is 9.23. The summed E-state index contributed by atoms with van der Waals surface area (Å²) < 4.78 is 0. The summed E-state index contributed by atoms with van der Waals surface area (Å²) in [4.78, 5) is 8.32. The first-order valence-corrected chi connectivity index (χ1v) is 7.05. The highest BCUT2D eigenvalue weighted by Crippen LogP contribution is 2.59. The van der Waals surface area contributed by atoms with Gasteiger partial charge in [0.05, 0.1) is 0 Å². The molecular formula is C15H17N3. The number of aromatic nitrogens is 2. The van der Waals surface area contributed by atoms with Crippen LogP contribution in [-0.4, -0.2) is 9.97 Å².